The standard InChI is InChI=1S/C21H27FN2O2/c22-18-3-1-2-13(11-18)12-19(25)23-4-5-24-21(26)20-16-7-14-6-15(9-16)10-17(20)8-14/h1-3,11,14-17,20H,4-10,12H2,(H,23,25)(H,24,26). The zero-order valence-corrected chi connectivity index (χ0v) is 15.0. The average molecular weight is 358 g/mol. The molecule has 5 heteroatoms. The fourth-order valence-electron chi connectivity index (χ4n) is 5.75. The number of hydrogen-bond donors (Lipinski definition) is 2. The van der Waals surface area contributed by atoms with Gasteiger partial charge in [0.2, 0.25) is 11.8 Å². The molecule has 0 spiro atoms. The molecule has 0 heterocycles. The van der Waals surface area contributed by atoms with Gasteiger partial charge in [-0.15, -0.1) is 0 Å². The molecule has 26 heavy (non-hydrogen) atoms. The first-order chi connectivity index (χ1) is 12.6. The lowest BCUT2D eigenvalue weighted by Crippen LogP contribution is -2.51. The van der Waals surface area contributed by atoms with E-state index in [1.165, 1.54) is 44.2 Å². The Balaban J connectivity index is 1.19. The molecule has 2 N–H and O–H groups in total. The maximum Gasteiger partial charge on any atom is 0.224 e. The Kier molecular flexibility index (Phi) is 4.96. The van der Waals surface area contributed by atoms with Crippen LogP contribution in [0.25, 0.3) is 0 Å². The molecule has 0 aliphatic heterocycles. The second-order valence-electron chi connectivity index (χ2n) is 8.40. The highest BCUT2D eigenvalue weighted by atomic mass is 19.1. The first kappa shape index (κ1) is 17.5. The van der Waals surface area contributed by atoms with Gasteiger partial charge in [-0.2, -0.15) is 0 Å². The number of amides is 2. The molecule has 0 unspecified atom stereocenters. The van der Waals surface area contributed by atoms with Crippen LogP contribution < -0.4 is 10.6 Å². The number of halogens is 1. The maximum absolute atomic E-state index is 13.1. The van der Waals surface area contributed by atoms with E-state index in [0.717, 1.165) is 11.8 Å². The number of rotatable bonds is 6. The second-order valence-corrected chi connectivity index (χ2v) is 8.40. The van der Waals surface area contributed by atoms with Crippen LogP contribution in [0.2, 0.25) is 0 Å². The zero-order chi connectivity index (χ0) is 18.1. The largest absolute Gasteiger partial charge is 0.354 e. The van der Waals surface area contributed by atoms with Crippen LogP contribution in [0.1, 0.15) is 37.7 Å². The van der Waals surface area contributed by atoms with Gasteiger partial charge in [-0.05, 0) is 73.5 Å². The third-order valence-corrected chi connectivity index (χ3v) is 6.53. The van der Waals surface area contributed by atoms with Crippen LogP contribution >= 0.6 is 0 Å². The normalized spacial score (nSPS) is 31.7. The van der Waals surface area contributed by atoms with E-state index in [1.54, 1.807) is 12.1 Å². The van der Waals surface area contributed by atoms with Crippen molar-refractivity contribution in [1.82, 2.24) is 10.6 Å². The van der Waals surface area contributed by atoms with E-state index in [-0.39, 0.29) is 30.0 Å². The summed E-state index contributed by atoms with van der Waals surface area (Å²) in [5.41, 5.74) is 0.653. The Morgan fingerprint density at radius 1 is 0.962 bits per heavy atom. The predicted molar refractivity (Wildman–Crippen MR) is 96.7 cm³/mol. The molecule has 4 nitrogen and oxygen atoms in total. The molecule has 4 fully saturated rings. The second kappa shape index (κ2) is 7.37. The van der Waals surface area contributed by atoms with Gasteiger partial charge < -0.3 is 10.6 Å². The Morgan fingerprint density at radius 3 is 2.27 bits per heavy atom. The van der Waals surface area contributed by atoms with Crippen molar-refractivity contribution in [1.29, 1.82) is 0 Å². The number of carbonyl (C=O) groups excluding carboxylic acids is 2. The van der Waals surface area contributed by atoms with Gasteiger partial charge in [-0.3, -0.25) is 9.59 Å². The predicted octanol–water partition coefficient (Wildman–Crippen LogP) is 2.67. The van der Waals surface area contributed by atoms with E-state index in [9.17, 15) is 14.0 Å². The first-order valence-electron chi connectivity index (χ1n) is 9.87. The molecule has 4 aliphatic carbocycles. The topological polar surface area (TPSA) is 58.2 Å². The third kappa shape index (κ3) is 3.76. The minimum absolute atomic E-state index is 0.153. The maximum atomic E-state index is 13.1. The van der Waals surface area contributed by atoms with E-state index in [1.807, 2.05) is 0 Å². The minimum Gasteiger partial charge on any atom is -0.354 e. The molecule has 140 valence electrons. The lowest BCUT2D eigenvalue weighted by Gasteiger charge is -2.53. The van der Waals surface area contributed by atoms with Crippen LogP contribution in [-0.2, 0) is 16.0 Å². The number of nitrogens with one attached hydrogen (secondary N) is 2. The highest BCUT2D eigenvalue weighted by Gasteiger charge is 2.50. The quantitative estimate of drug-likeness (QED) is 0.768. The molecule has 0 aromatic heterocycles. The van der Waals surface area contributed by atoms with Crippen LogP contribution in [-0.4, -0.2) is 24.9 Å². The van der Waals surface area contributed by atoms with Gasteiger partial charge in [0, 0.05) is 19.0 Å². The Bertz CT molecular complexity index is 662. The monoisotopic (exact) mass is 358 g/mol. The molecular weight excluding hydrogens is 331 g/mol. The summed E-state index contributed by atoms with van der Waals surface area (Å²) < 4.78 is 13.1. The van der Waals surface area contributed by atoms with Crippen LogP contribution in [0.5, 0.6) is 0 Å². The number of hydrogen-bond acceptors (Lipinski definition) is 2. The van der Waals surface area contributed by atoms with Crippen molar-refractivity contribution in [2.24, 2.45) is 29.6 Å². The van der Waals surface area contributed by atoms with E-state index in [0.29, 0.717) is 30.5 Å². The number of benzene rings is 1. The Labute approximate surface area is 153 Å². The van der Waals surface area contributed by atoms with Gasteiger partial charge in [-0.1, -0.05) is 12.1 Å². The van der Waals surface area contributed by atoms with Crippen LogP contribution in [0, 0.1) is 35.4 Å². The molecule has 0 saturated heterocycles. The van der Waals surface area contributed by atoms with Gasteiger partial charge in [0.05, 0.1) is 6.42 Å². The highest BCUT2D eigenvalue weighted by molar-refractivity contribution is 5.80. The molecule has 4 bridgehead atoms. The molecule has 0 radical (unpaired) electrons. The molecule has 4 aliphatic rings. The summed E-state index contributed by atoms with van der Waals surface area (Å²) in [6.07, 6.45) is 6.47. The van der Waals surface area contributed by atoms with Crippen molar-refractivity contribution in [3.63, 3.8) is 0 Å². The van der Waals surface area contributed by atoms with Gasteiger partial charge in [-0.25, -0.2) is 4.39 Å². The fraction of sp³-hybridized carbons (Fsp3) is 0.619. The smallest absolute Gasteiger partial charge is 0.224 e. The summed E-state index contributed by atoms with van der Waals surface area (Å²) in [5.74, 6) is 2.76. The molecule has 2 amide bonds. The highest BCUT2D eigenvalue weighted by Crippen LogP contribution is 2.56. The molecule has 5 rings (SSSR count). The van der Waals surface area contributed by atoms with Crippen molar-refractivity contribution in [3.8, 4) is 0 Å². The fourth-order valence-corrected chi connectivity index (χ4v) is 5.75. The van der Waals surface area contributed by atoms with E-state index in [2.05, 4.69) is 10.6 Å². The zero-order valence-electron chi connectivity index (χ0n) is 15.0. The van der Waals surface area contributed by atoms with Crippen molar-refractivity contribution in [2.45, 2.75) is 38.5 Å². The van der Waals surface area contributed by atoms with E-state index < -0.39 is 0 Å². The lowest BCUT2D eigenvalue weighted by molar-refractivity contribution is -0.138. The van der Waals surface area contributed by atoms with E-state index >= 15 is 0 Å². The van der Waals surface area contributed by atoms with Gasteiger partial charge in [0.25, 0.3) is 0 Å². The summed E-state index contributed by atoms with van der Waals surface area (Å²) in [7, 11) is 0. The minimum atomic E-state index is -0.335. The van der Waals surface area contributed by atoms with Gasteiger partial charge in [0.15, 0.2) is 0 Å². The summed E-state index contributed by atoms with van der Waals surface area (Å²) in [4.78, 5) is 24.6. The van der Waals surface area contributed by atoms with Gasteiger partial charge >= 0.3 is 0 Å². The van der Waals surface area contributed by atoms with Crippen molar-refractivity contribution in [3.05, 3.63) is 35.6 Å². The summed E-state index contributed by atoms with van der Waals surface area (Å²) in [6.45, 7) is 0.865. The van der Waals surface area contributed by atoms with Crippen LogP contribution in [0.15, 0.2) is 24.3 Å². The van der Waals surface area contributed by atoms with Crippen molar-refractivity contribution in [2.75, 3.05) is 13.1 Å². The number of carbonyl (C=O) groups is 2. The molecule has 0 atom stereocenters. The first-order valence-corrected chi connectivity index (χ1v) is 9.87. The summed E-state index contributed by atoms with van der Waals surface area (Å²) in [6, 6.07) is 6.06. The molecule has 4 saturated carbocycles. The lowest BCUT2D eigenvalue weighted by atomic mass is 9.51. The van der Waals surface area contributed by atoms with Gasteiger partial charge in [0.1, 0.15) is 5.82 Å². The van der Waals surface area contributed by atoms with Crippen LogP contribution in [0.3, 0.4) is 0 Å². The Hall–Kier alpha value is -1.91. The van der Waals surface area contributed by atoms with Crippen LogP contribution in [0.4, 0.5) is 4.39 Å². The molecular formula is C21H27FN2O2. The Morgan fingerprint density at radius 2 is 1.62 bits per heavy atom. The molecule has 1 aromatic carbocycles. The molecule has 1 aromatic rings. The third-order valence-electron chi connectivity index (χ3n) is 6.53. The van der Waals surface area contributed by atoms with Crippen molar-refractivity contribution < 1.29 is 14.0 Å². The van der Waals surface area contributed by atoms with Crippen molar-refractivity contribution >= 4 is 11.8 Å². The average Bonchev–Trinajstić information content (AvgIpc) is 2.58. The summed E-state index contributed by atoms with van der Waals surface area (Å²) in [5, 5.41) is 5.82. The summed E-state index contributed by atoms with van der Waals surface area (Å²) >= 11 is 0. The SMILES string of the molecule is O=C(Cc1cccc(F)c1)NCCNC(=O)C1C2CC3CC(C2)CC1C3. The van der Waals surface area contributed by atoms with E-state index in [4.69, 9.17) is 0 Å².